The van der Waals surface area contributed by atoms with Crippen molar-refractivity contribution in [3.8, 4) is 0 Å². The fourth-order valence-electron chi connectivity index (χ4n) is 5.24. The van der Waals surface area contributed by atoms with E-state index < -0.39 is 43.3 Å². The van der Waals surface area contributed by atoms with Gasteiger partial charge in [0.05, 0.1) is 32.9 Å². The molecule has 1 saturated heterocycles. The Kier molecular flexibility index (Phi) is 9.99. The number of sulfone groups is 1. The van der Waals surface area contributed by atoms with Gasteiger partial charge in [0, 0.05) is 37.6 Å². The lowest BCUT2D eigenvalue weighted by Crippen LogP contribution is -2.29. The lowest BCUT2D eigenvalue weighted by molar-refractivity contribution is 0.0904. The first kappa shape index (κ1) is 33.0. The molecule has 0 spiro atoms. The number of nitrogens with zero attached hydrogens (tertiary/aromatic N) is 3. The first-order chi connectivity index (χ1) is 22.0. The Morgan fingerprint density at radius 3 is 2.46 bits per heavy atom. The van der Waals surface area contributed by atoms with E-state index in [1.165, 1.54) is 18.2 Å². The summed E-state index contributed by atoms with van der Waals surface area (Å²) in [5, 5.41) is 10.3. The average molecular weight is 656 g/mol. The number of amides is 1. The molecule has 46 heavy (non-hydrogen) atoms. The van der Waals surface area contributed by atoms with E-state index in [9.17, 15) is 26.8 Å². The van der Waals surface area contributed by atoms with Crippen LogP contribution in [-0.4, -0.2) is 81.6 Å². The predicted molar refractivity (Wildman–Crippen MR) is 168 cm³/mol. The highest BCUT2D eigenvalue weighted by atomic mass is 32.2. The summed E-state index contributed by atoms with van der Waals surface area (Å²) < 4.78 is 67.1. The van der Waals surface area contributed by atoms with E-state index in [4.69, 9.17) is 9.47 Å². The lowest BCUT2D eigenvalue weighted by Gasteiger charge is -2.25. The molecule has 5 rings (SSSR count). The molecule has 0 aliphatic carbocycles. The molecule has 14 heteroatoms. The van der Waals surface area contributed by atoms with Gasteiger partial charge in [0.1, 0.15) is 11.6 Å². The van der Waals surface area contributed by atoms with Crippen LogP contribution >= 0.6 is 0 Å². The van der Waals surface area contributed by atoms with E-state index >= 15 is 0 Å². The van der Waals surface area contributed by atoms with Gasteiger partial charge in [-0.15, -0.1) is 5.10 Å². The number of aromatic nitrogens is 2. The van der Waals surface area contributed by atoms with Crippen molar-refractivity contribution in [2.24, 2.45) is 0 Å². The van der Waals surface area contributed by atoms with Crippen LogP contribution in [-0.2, 0) is 25.7 Å². The van der Waals surface area contributed by atoms with Crippen molar-refractivity contribution in [3.05, 3.63) is 77.4 Å². The van der Waals surface area contributed by atoms with Crippen LogP contribution < -0.4 is 10.6 Å². The molecule has 0 radical (unpaired) electrons. The number of likely N-dealkylation sites (N-methyl/N-ethyl adjacent to an activating group) is 1. The molecule has 2 heterocycles. The first-order valence-corrected chi connectivity index (χ1v) is 16.3. The fraction of sp³-hybridized carbons (Fsp3) is 0.344. The number of rotatable bonds is 10. The minimum absolute atomic E-state index is 0.00381. The van der Waals surface area contributed by atoms with Crippen molar-refractivity contribution in [2.75, 3.05) is 51.1 Å². The summed E-state index contributed by atoms with van der Waals surface area (Å²) in [6.45, 7) is 3.57. The van der Waals surface area contributed by atoms with Crippen LogP contribution in [0.1, 0.15) is 35.7 Å². The monoisotopic (exact) mass is 655 g/mol. The predicted octanol–water partition coefficient (Wildman–Crippen LogP) is 5.10. The highest BCUT2D eigenvalue weighted by Gasteiger charge is 2.29. The topological polar surface area (TPSA) is 132 Å². The van der Waals surface area contributed by atoms with Gasteiger partial charge in [0.15, 0.2) is 5.82 Å². The van der Waals surface area contributed by atoms with Gasteiger partial charge in [-0.05, 0) is 82.2 Å². The minimum atomic E-state index is -4.57. The third-order valence-corrected chi connectivity index (χ3v) is 9.31. The Morgan fingerprint density at radius 2 is 1.78 bits per heavy atom. The summed E-state index contributed by atoms with van der Waals surface area (Å²) in [5.74, 6) is -3.04. The number of benzene rings is 3. The molecule has 1 amide bonds. The largest absolute Gasteiger partial charge is 0.448 e. The van der Waals surface area contributed by atoms with E-state index in [0.717, 1.165) is 36.1 Å². The number of anilines is 2. The first-order valence-electron chi connectivity index (χ1n) is 14.8. The van der Waals surface area contributed by atoms with Crippen molar-refractivity contribution < 1.29 is 36.3 Å². The second-order valence-corrected chi connectivity index (χ2v) is 13.1. The molecule has 2 N–H and O–H groups in total. The normalized spacial score (nSPS) is 14.0. The number of carbonyl (C=O) groups excluding carboxylic acids is 2. The standard InChI is InChI=1S/C32H35F2N5O6S/c1-4-45-32(41)39-27-6-5-7-28(46(42,43)24-18-21(33)17-22(34)19-24)29(27)30(37-39)36-31(40)25-9-8-20(10-13-38(2)3)16-26(25)35-23-11-14-44-15-12-23/h5-9,16-19,23,35H,4,10-15H2,1-3H3,(H,36,37,40). The third kappa shape index (κ3) is 7.19. The van der Waals surface area contributed by atoms with Gasteiger partial charge in [-0.2, -0.15) is 4.68 Å². The van der Waals surface area contributed by atoms with Crippen LogP contribution in [0.3, 0.4) is 0 Å². The fourth-order valence-corrected chi connectivity index (χ4v) is 6.75. The minimum Gasteiger partial charge on any atom is -0.448 e. The second-order valence-electron chi connectivity index (χ2n) is 11.1. The van der Waals surface area contributed by atoms with Gasteiger partial charge >= 0.3 is 6.09 Å². The van der Waals surface area contributed by atoms with Crippen LogP contribution in [0.5, 0.6) is 0 Å². The summed E-state index contributed by atoms with van der Waals surface area (Å²) >= 11 is 0. The zero-order valence-electron chi connectivity index (χ0n) is 25.7. The Labute approximate surface area is 265 Å². The number of fused-ring (bicyclic) bond motifs is 1. The van der Waals surface area contributed by atoms with Gasteiger partial charge in [-0.1, -0.05) is 12.1 Å². The summed E-state index contributed by atoms with van der Waals surface area (Å²) in [7, 11) is -0.621. The van der Waals surface area contributed by atoms with Crippen molar-refractivity contribution >= 4 is 44.2 Å². The summed E-state index contributed by atoms with van der Waals surface area (Å²) in [5.41, 5.74) is 1.86. The van der Waals surface area contributed by atoms with E-state index in [0.29, 0.717) is 37.1 Å². The van der Waals surface area contributed by atoms with Gasteiger partial charge < -0.3 is 25.0 Å². The van der Waals surface area contributed by atoms with Crippen molar-refractivity contribution in [1.29, 1.82) is 0 Å². The summed E-state index contributed by atoms with van der Waals surface area (Å²) in [6, 6.07) is 11.4. The number of halogens is 2. The molecule has 0 unspecified atom stereocenters. The Morgan fingerprint density at radius 1 is 1.07 bits per heavy atom. The van der Waals surface area contributed by atoms with Crippen LogP contribution in [0.15, 0.2) is 64.4 Å². The molecular weight excluding hydrogens is 620 g/mol. The third-order valence-electron chi connectivity index (χ3n) is 7.54. The number of nitrogens with one attached hydrogen (secondary N) is 2. The van der Waals surface area contributed by atoms with E-state index in [1.807, 2.05) is 26.2 Å². The maximum absolute atomic E-state index is 14.1. The quantitative estimate of drug-likeness (QED) is 0.240. The van der Waals surface area contributed by atoms with Gasteiger partial charge in [-0.3, -0.25) is 4.79 Å². The highest BCUT2D eigenvalue weighted by molar-refractivity contribution is 7.91. The molecule has 1 aliphatic rings. The average Bonchev–Trinajstić information content (AvgIpc) is 3.38. The molecule has 0 bridgehead atoms. The molecule has 3 aromatic carbocycles. The summed E-state index contributed by atoms with van der Waals surface area (Å²) in [4.78, 5) is 27.8. The van der Waals surface area contributed by atoms with E-state index in [-0.39, 0.29) is 34.9 Å². The SMILES string of the molecule is CCOC(=O)n1nc(NC(=O)c2ccc(CCN(C)C)cc2NC2CCOCC2)c2c(S(=O)(=O)c3cc(F)cc(F)c3)cccc21. The molecular formula is C32H35F2N5O6S. The van der Waals surface area contributed by atoms with Crippen molar-refractivity contribution in [2.45, 2.75) is 42.0 Å². The van der Waals surface area contributed by atoms with Crippen LogP contribution in [0.4, 0.5) is 25.1 Å². The number of hydrogen-bond acceptors (Lipinski definition) is 9. The number of carbonyl (C=O) groups is 2. The zero-order valence-corrected chi connectivity index (χ0v) is 26.5. The highest BCUT2D eigenvalue weighted by Crippen LogP contribution is 2.35. The zero-order chi connectivity index (χ0) is 33.0. The smallest absolute Gasteiger partial charge is 0.435 e. The number of ether oxygens (including phenoxy) is 2. The molecule has 0 saturated carbocycles. The Bertz CT molecular complexity index is 1850. The lowest BCUT2D eigenvalue weighted by atomic mass is 10.0. The van der Waals surface area contributed by atoms with Crippen LogP contribution in [0.2, 0.25) is 0 Å². The Hall–Kier alpha value is -4.40. The molecule has 4 aromatic rings. The molecule has 0 atom stereocenters. The maximum atomic E-state index is 14.1. The van der Waals surface area contributed by atoms with Gasteiger partial charge in [-0.25, -0.2) is 22.0 Å². The van der Waals surface area contributed by atoms with Gasteiger partial charge in [0.25, 0.3) is 5.91 Å². The van der Waals surface area contributed by atoms with Crippen LogP contribution in [0.25, 0.3) is 10.9 Å². The van der Waals surface area contributed by atoms with Gasteiger partial charge in [0.2, 0.25) is 9.84 Å². The second kappa shape index (κ2) is 13.9. The molecule has 11 nitrogen and oxygen atoms in total. The molecule has 1 fully saturated rings. The number of hydrogen-bond donors (Lipinski definition) is 2. The van der Waals surface area contributed by atoms with E-state index in [1.54, 1.807) is 13.0 Å². The molecule has 1 aromatic heterocycles. The molecule has 244 valence electrons. The van der Waals surface area contributed by atoms with E-state index in [2.05, 4.69) is 20.6 Å². The molecule has 1 aliphatic heterocycles. The summed E-state index contributed by atoms with van der Waals surface area (Å²) in [6.07, 6.45) is 1.33. The van der Waals surface area contributed by atoms with Crippen molar-refractivity contribution in [3.63, 3.8) is 0 Å². The van der Waals surface area contributed by atoms with Crippen LogP contribution in [0, 0.1) is 11.6 Å². The maximum Gasteiger partial charge on any atom is 0.435 e. The van der Waals surface area contributed by atoms with Crippen molar-refractivity contribution in [1.82, 2.24) is 14.7 Å². The Balaban J connectivity index is 1.60.